The van der Waals surface area contributed by atoms with Gasteiger partial charge in [0.1, 0.15) is 0 Å². The molecule has 0 fully saturated rings. The smallest absolute Gasteiger partial charge is 0.164 e. The van der Waals surface area contributed by atoms with Gasteiger partial charge in [-0.2, -0.15) is 5.26 Å². The van der Waals surface area contributed by atoms with Crippen molar-refractivity contribution >= 4 is 12.0 Å². The average Bonchev–Trinajstić information content (AvgIpc) is 2.35. The van der Waals surface area contributed by atoms with Crippen LogP contribution in [0.1, 0.15) is 22.3 Å². The fourth-order valence-corrected chi connectivity index (χ4v) is 1.29. The number of carbonyl (C=O) groups is 1. The zero-order valence-corrected chi connectivity index (χ0v) is 8.81. The molecule has 0 aliphatic rings. The van der Waals surface area contributed by atoms with Crippen LogP contribution in [0.15, 0.2) is 24.3 Å². The van der Waals surface area contributed by atoms with Gasteiger partial charge in [0, 0.05) is 24.7 Å². The van der Waals surface area contributed by atoms with E-state index in [0.717, 1.165) is 11.8 Å². The van der Waals surface area contributed by atoms with Gasteiger partial charge in [0.15, 0.2) is 5.78 Å². The normalized spacial score (nSPS) is 11.5. The number of carbonyl (C=O) groups excluding carboxylic acids is 1. The van der Waals surface area contributed by atoms with Crippen LogP contribution in [-0.4, -0.2) is 12.0 Å². The van der Waals surface area contributed by atoms with Crippen molar-refractivity contribution in [3.8, 4) is 6.07 Å². The molecule has 0 bridgehead atoms. The molecule has 0 aromatic heterocycles. The van der Waals surface area contributed by atoms with Crippen molar-refractivity contribution in [2.24, 2.45) is 11.7 Å². The summed E-state index contributed by atoms with van der Waals surface area (Å²) in [7, 11) is 0. The van der Waals surface area contributed by atoms with Crippen LogP contribution in [0.2, 0.25) is 0 Å². The number of ketones is 1. The third kappa shape index (κ3) is 3.01. The summed E-state index contributed by atoms with van der Waals surface area (Å²) in [5, 5.41) is 15.6. The molecule has 16 heavy (non-hydrogen) atoms. The van der Waals surface area contributed by atoms with Crippen molar-refractivity contribution < 1.29 is 4.79 Å². The summed E-state index contributed by atoms with van der Waals surface area (Å²) in [6.45, 7) is 0.440. The zero-order chi connectivity index (χ0) is 12.0. The molecule has 0 aliphatic carbocycles. The number of Topliss-reactive ketones (excluding diaryl/α,β-unsaturated/α-hetero) is 1. The van der Waals surface area contributed by atoms with Crippen LogP contribution in [0.5, 0.6) is 0 Å². The molecule has 82 valence electrons. The Morgan fingerprint density at radius 1 is 1.50 bits per heavy atom. The lowest BCUT2D eigenvalue weighted by Gasteiger charge is -2.03. The number of nitrogens with zero attached hydrogens (tertiary/aromatic N) is 1. The Morgan fingerprint density at radius 2 is 2.12 bits per heavy atom. The molecule has 4 nitrogen and oxygen atoms in total. The summed E-state index contributed by atoms with van der Waals surface area (Å²) in [4.78, 5) is 11.7. The molecule has 0 heterocycles. The highest BCUT2D eigenvalue weighted by molar-refractivity contribution is 5.97. The fraction of sp³-hybridized carbons (Fsp3) is 0.250. The second kappa shape index (κ2) is 5.79. The standard InChI is InChI=1S/C12H13N3O/c13-6-9-1-3-11(4-2-9)12(16)5-10(7-14)8-15/h1-4,7,10,14H,5-6,13H2. The second-order valence-corrected chi connectivity index (χ2v) is 3.43. The molecule has 0 radical (unpaired) electrons. The van der Waals surface area contributed by atoms with Crippen molar-refractivity contribution in [3.05, 3.63) is 35.4 Å². The zero-order valence-electron chi connectivity index (χ0n) is 8.81. The van der Waals surface area contributed by atoms with Gasteiger partial charge in [0.05, 0.1) is 12.0 Å². The maximum absolute atomic E-state index is 11.7. The minimum Gasteiger partial charge on any atom is -0.326 e. The van der Waals surface area contributed by atoms with Crippen molar-refractivity contribution in [2.75, 3.05) is 0 Å². The molecule has 0 aliphatic heterocycles. The van der Waals surface area contributed by atoms with Gasteiger partial charge in [0.2, 0.25) is 0 Å². The van der Waals surface area contributed by atoms with Gasteiger partial charge in [-0.3, -0.25) is 4.79 Å². The predicted octanol–water partition coefficient (Wildman–Crippen LogP) is 1.51. The lowest BCUT2D eigenvalue weighted by Crippen LogP contribution is -2.08. The highest BCUT2D eigenvalue weighted by Gasteiger charge is 2.12. The SMILES string of the molecule is N#CC(C=N)CC(=O)c1ccc(CN)cc1. The summed E-state index contributed by atoms with van der Waals surface area (Å²) in [6.07, 6.45) is 1.05. The lowest BCUT2D eigenvalue weighted by atomic mass is 9.99. The van der Waals surface area contributed by atoms with Crippen LogP contribution in [0, 0.1) is 22.7 Å². The number of benzene rings is 1. The van der Waals surface area contributed by atoms with Crippen LogP contribution in [0.3, 0.4) is 0 Å². The summed E-state index contributed by atoms with van der Waals surface area (Å²) >= 11 is 0. The van der Waals surface area contributed by atoms with E-state index in [4.69, 9.17) is 16.4 Å². The maximum Gasteiger partial charge on any atom is 0.164 e. The van der Waals surface area contributed by atoms with Crippen LogP contribution in [-0.2, 0) is 6.54 Å². The second-order valence-electron chi connectivity index (χ2n) is 3.43. The van der Waals surface area contributed by atoms with E-state index in [1.807, 2.05) is 6.07 Å². The molecule has 1 unspecified atom stereocenters. The number of nitriles is 1. The van der Waals surface area contributed by atoms with Gasteiger partial charge < -0.3 is 11.1 Å². The number of nitrogens with one attached hydrogen (secondary N) is 1. The van der Waals surface area contributed by atoms with Gasteiger partial charge in [-0.25, -0.2) is 0 Å². The molecular weight excluding hydrogens is 202 g/mol. The Balaban J connectivity index is 2.73. The first-order valence-electron chi connectivity index (χ1n) is 4.93. The van der Waals surface area contributed by atoms with Gasteiger partial charge in [-0.15, -0.1) is 0 Å². The van der Waals surface area contributed by atoms with Gasteiger partial charge in [-0.1, -0.05) is 24.3 Å². The Morgan fingerprint density at radius 3 is 2.56 bits per heavy atom. The third-order valence-electron chi connectivity index (χ3n) is 2.28. The molecule has 0 amide bonds. The molecule has 0 saturated heterocycles. The minimum absolute atomic E-state index is 0.0575. The quantitative estimate of drug-likeness (QED) is 0.576. The molecule has 0 saturated carbocycles. The van der Waals surface area contributed by atoms with E-state index in [1.54, 1.807) is 24.3 Å². The van der Waals surface area contributed by atoms with E-state index in [1.165, 1.54) is 0 Å². The average molecular weight is 215 g/mol. The van der Waals surface area contributed by atoms with E-state index in [0.29, 0.717) is 12.1 Å². The Kier molecular flexibility index (Phi) is 4.37. The molecular formula is C12H13N3O. The Bertz CT molecular complexity index is 417. The van der Waals surface area contributed by atoms with Crippen molar-refractivity contribution in [2.45, 2.75) is 13.0 Å². The largest absolute Gasteiger partial charge is 0.326 e. The van der Waals surface area contributed by atoms with Crippen LogP contribution >= 0.6 is 0 Å². The van der Waals surface area contributed by atoms with Crippen molar-refractivity contribution in [1.82, 2.24) is 0 Å². The molecule has 1 atom stereocenters. The first-order valence-corrected chi connectivity index (χ1v) is 4.93. The van der Waals surface area contributed by atoms with Crippen LogP contribution in [0.4, 0.5) is 0 Å². The van der Waals surface area contributed by atoms with Gasteiger partial charge in [0.25, 0.3) is 0 Å². The first-order chi connectivity index (χ1) is 7.71. The van der Waals surface area contributed by atoms with Crippen LogP contribution < -0.4 is 5.73 Å². The topological polar surface area (TPSA) is 90.7 Å². The number of hydrogen-bond donors (Lipinski definition) is 2. The van der Waals surface area contributed by atoms with E-state index < -0.39 is 5.92 Å². The van der Waals surface area contributed by atoms with E-state index in [2.05, 4.69) is 0 Å². The molecule has 1 aromatic rings. The lowest BCUT2D eigenvalue weighted by molar-refractivity contribution is 0.0978. The monoisotopic (exact) mass is 215 g/mol. The van der Waals surface area contributed by atoms with E-state index >= 15 is 0 Å². The number of rotatable bonds is 5. The van der Waals surface area contributed by atoms with Crippen LogP contribution in [0.25, 0.3) is 0 Å². The molecule has 1 rings (SSSR count). The maximum atomic E-state index is 11.7. The third-order valence-corrected chi connectivity index (χ3v) is 2.28. The Labute approximate surface area is 94.2 Å². The number of nitrogens with two attached hydrogens (primary N) is 1. The molecule has 3 N–H and O–H groups in total. The summed E-state index contributed by atoms with van der Waals surface area (Å²) in [6, 6.07) is 8.87. The first kappa shape index (κ1) is 12.1. The highest BCUT2D eigenvalue weighted by atomic mass is 16.1. The van der Waals surface area contributed by atoms with Crippen molar-refractivity contribution in [3.63, 3.8) is 0 Å². The van der Waals surface area contributed by atoms with Gasteiger partial charge in [-0.05, 0) is 5.56 Å². The summed E-state index contributed by atoms with van der Waals surface area (Å²) in [5.74, 6) is -0.764. The summed E-state index contributed by atoms with van der Waals surface area (Å²) in [5.41, 5.74) is 6.96. The fourth-order valence-electron chi connectivity index (χ4n) is 1.29. The number of hydrogen-bond acceptors (Lipinski definition) is 4. The predicted molar refractivity (Wildman–Crippen MR) is 61.2 cm³/mol. The molecule has 4 heteroatoms. The minimum atomic E-state index is -0.637. The van der Waals surface area contributed by atoms with Crippen molar-refractivity contribution in [1.29, 1.82) is 10.7 Å². The highest BCUT2D eigenvalue weighted by Crippen LogP contribution is 2.10. The Hall–Kier alpha value is -1.99. The van der Waals surface area contributed by atoms with E-state index in [-0.39, 0.29) is 12.2 Å². The van der Waals surface area contributed by atoms with E-state index in [9.17, 15) is 4.79 Å². The molecule has 0 spiro atoms. The molecule has 1 aromatic carbocycles. The summed E-state index contributed by atoms with van der Waals surface area (Å²) < 4.78 is 0. The van der Waals surface area contributed by atoms with Gasteiger partial charge >= 0.3 is 0 Å².